The maximum Gasteiger partial charge on any atom is 0.330 e. The van der Waals surface area contributed by atoms with E-state index in [2.05, 4.69) is 18.5 Å². The third-order valence-corrected chi connectivity index (χ3v) is 1.41. The van der Waals surface area contributed by atoms with Crippen molar-refractivity contribution in [3.8, 4) is 0 Å². The smallest absolute Gasteiger partial charge is 0.330 e. The van der Waals surface area contributed by atoms with Crippen LogP contribution in [0, 0.1) is 0 Å². The van der Waals surface area contributed by atoms with E-state index in [4.69, 9.17) is 5.11 Å². The molecule has 2 N–H and O–H groups in total. The number of carboxylic acids is 1. The van der Waals surface area contributed by atoms with Crippen molar-refractivity contribution in [1.82, 2.24) is 10.2 Å². The van der Waals surface area contributed by atoms with Gasteiger partial charge in [-0.15, -0.1) is 0 Å². The summed E-state index contributed by atoms with van der Waals surface area (Å²) in [5.74, 6) is -1.04. The molecule has 0 aromatic heterocycles. The van der Waals surface area contributed by atoms with E-state index in [0.29, 0.717) is 6.54 Å². The Balaban J connectivity index is 0. The van der Waals surface area contributed by atoms with Gasteiger partial charge in [-0.05, 0) is 27.1 Å². The molecule has 1 amide bonds. The summed E-state index contributed by atoms with van der Waals surface area (Å²) in [5, 5.41) is 10.6. The van der Waals surface area contributed by atoms with Gasteiger partial charge in [0.05, 0.1) is 0 Å². The molecule has 0 heterocycles. The SMILES string of the molecule is C=C(C)C(=O)O.C=CC(=O)NCCN(C)C. The van der Waals surface area contributed by atoms with E-state index in [-0.39, 0.29) is 11.5 Å². The lowest BCUT2D eigenvalue weighted by atomic mass is 10.4. The molecule has 0 atom stereocenters. The largest absolute Gasteiger partial charge is 0.478 e. The molecule has 0 saturated heterocycles. The second-order valence-corrected chi connectivity index (χ2v) is 3.38. The fourth-order valence-electron chi connectivity index (χ4n) is 0.475. The Labute approximate surface area is 96.4 Å². The summed E-state index contributed by atoms with van der Waals surface area (Å²) in [5.41, 5.74) is 0.176. The first-order valence-electron chi connectivity index (χ1n) is 4.75. The Morgan fingerprint density at radius 3 is 2.12 bits per heavy atom. The van der Waals surface area contributed by atoms with Crippen molar-refractivity contribution < 1.29 is 14.7 Å². The van der Waals surface area contributed by atoms with Crippen molar-refractivity contribution in [2.45, 2.75) is 6.92 Å². The molecule has 0 unspecified atom stereocenters. The predicted molar refractivity (Wildman–Crippen MR) is 64.2 cm³/mol. The molecule has 0 saturated carbocycles. The van der Waals surface area contributed by atoms with E-state index in [1.807, 2.05) is 19.0 Å². The maximum atomic E-state index is 10.5. The van der Waals surface area contributed by atoms with Crippen LogP contribution in [0.15, 0.2) is 24.8 Å². The molecule has 0 radical (unpaired) electrons. The third-order valence-electron chi connectivity index (χ3n) is 1.41. The highest BCUT2D eigenvalue weighted by molar-refractivity contribution is 5.86. The van der Waals surface area contributed by atoms with Crippen molar-refractivity contribution in [3.63, 3.8) is 0 Å². The van der Waals surface area contributed by atoms with E-state index in [0.717, 1.165) is 6.54 Å². The Hall–Kier alpha value is -1.62. The minimum Gasteiger partial charge on any atom is -0.478 e. The minimum absolute atomic E-state index is 0.109. The number of aliphatic carboxylic acids is 1. The summed E-state index contributed by atoms with van der Waals surface area (Å²) in [6.45, 7) is 9.47. The highest BCUT2D eigenvalue weighted by atomic mass is 16.4. The quantitative estimate of drug-likeness (QED) is 0.672. The lowest BCUT2D eigenvalue weighted by Gasteiger charge is -2.08. The molecule has 0 aliphatic carbocycles. The van der Waals surface area contributed by atoms with Gasteiger partial charge >= 0.3 is 5.97 Å². The van der Waals surface area contributed by atoms with Crippen LogP contribution < -0.4 is 5.32 Å². The Morgan fingerprint density at radius 1 is 1.44 bits per heavy atom. The first kappa shape index (κ1) is 16.8. The van der Waals surface area contributed by atoms with Crippen molar-refractivity contribution in [1.29, 1.82) is 0 Å². The van der Waals surface area contributed by atoms with Crippen LogP contribution in [-0.4, -0.2) is 49.1 Å². The number of nitrogens with one attached hydrogen (secondary N) is 1. The Bertz CT molecular complexity index is 248. The fourth-order valence-corrected chi connectivity index (χ4v) is 0.475. The number of amides is 1. The molecule has 5 heteroatoms. The summed E-state index contributed by atoms with van der Waals surface area (Å²) in [4.78, 5) is 22.1. The maximum absolute atomic E-state index is 10.5. The van der Waals surface area contributed by atoms with Crippen LogP contribution in [0.25, 0.3) is 0 Å². The molecular weight excluding hydrogens is 208 g/mol. The normalized spacial score (nSPS) is 8.75. The monoisotopic (exact) mass is 228 g/mol. The van der Waals surface area contributed by atoms with E-state index in [9.17, 15) is 9.59 Å². The van der Waals surface area contributed by atoms with Gasteiger partial charge in [0, 0.05) is 18.7 Å². The van der Waals surface area contributed by atoms with Gasteiger partial charge in [-0.3, -0.25) is 4.79 Å². The molecule has 0 fully saturated rings. The molecule has 0 bridgehead atoms. The lowest BCUT2D eigenvalue weighted by Crippen LogP contribution is -2.29. The summed E-state index contributed by atoms with van der Waals surface area (Å²) in [7, 11) is 3.92. The zero-order valence-corrected chi connectivity index (χ0v) is 10.1. The summed E-state index contributed by atoms with van der Waals surface area (Å²) < 4.78 is 0. The van der Waals surface area contributed by atoms with Crippen LogP contribution in [0.2, 0.25) is 0 Å². The minimum atomic E-state index is -0.935. The Kier molecular flexibility index (Phi) is 10.4. The predicted octanol–water partition coefficient (Wildman–Crippen LogP) is 0.497. The number of rotatable bonds is 5. The molecule has 0 aliphatic heterocycles. The van der Waals surface area contributed by atoms with Crippen LogP contribution >= 0.6 is 0 Å². The molecule has 0 aromatic carbocycles. The van der Waals surface area contributed by atoms with Gasteiger partial charge in [-0.2, -0.15) is 0 Å². The number of hydrogen-bond donors (Lipinski definition) is 2. The Morgan fingerprint density at radius 2 is 1.88 bits per heavy atom. The standard InChI is InChI=1S/C7H14N2O.C4H6O2/c1-4-7(10)8-5-6-9(2)3;1-3(2)4(5)6/h4H,1,5-6H2,2-3H3,(H,8,10);1H2,2H3,(H,5,6). The number of nitrogens with zero attached hydrogens (tertiary/aromatic N) is 1. The summed E-state index contributed by atoms with van der Waals surface area (Å²) in [6.07, 6.45) is 1.27. The number of likely N-dealkylation sites (N-methyl/N-ethyl adjacent to an activating group) is 1. The highest BCUT2D eigenvalue weighted by Gasteiger charge is 1.92. The van der Waals surface area contributed by atoms with Crippen molar-refractivity contribution in [2.24, 2.45) is 0 Å². The zero-order chi connectivity index (χ0) is 13.1. The molecule has 16 heavy (non-hydrogen) atoms. The van der Waals surface area contributed by atoms with Gasteiger partial charge < -0.3 is 15.3 Å². The molecule has 0 aromatic rings. The first-order valence-corrected chi connectivity index (χ1v) is 4.75. The van der Waals surface area contributed by atoms with E-state index < -0.39 is 5.97 Å². The lowest BCUT2D eigenvalue weighted by molar-refractivity contribution is -0.132. The molecule has 0 spiro atoms. The second-order valence-electron chi connectivity index (χ2n) is 3.38. The zero-order valence-electron chi connectivity index (χ0n) is 10.1. The average molecular weight is 228 g/mol. The third kappa shape index (κ3) is 14.9. The number of carbonyl (C=O) groups excluding carboxylic acids is 1. The highest BCUT2D eigenvalue weighted by Crippen LogP contribution is 1.81. The molecule has 92 valence electrons. The number of carbonyl (C=O) groups is 2. The molecule has 0 aliphatic rings. The molecule has 5 nitrogen and oxygen atoms in total. The number of hydrogen-bond acceptors (Lipinski definition) is 3. The molecule has 0 rings (SSSR count). The number of carboxylic acid groups (broad SMARTS) is 1. The van der Waals surface area contributed by atoms with Crippen LogP contribution in [0.5, 0.6) is 0 Å². The van der Waals surface area contributed by atoms with Gasteiger partial charge in [-0.25, -0.2) is 4.79 Å². The van der Waals surface area contributed by atoms with Crippen molar-refractivity contribution in [3.05, 3.63) is 24.8 Å². The van der Waals surface area contributed by atoms with Crippen LogP contribution in [-0.2, 0) is 9.59 Å². The second kappa shape index (κ2) is 9.92. The van der Waals surface area contributed by atoms with Crippen LogP contribution in [0.4, 0.5) is 0 Å². The topological polar surface area (TPSA) is 69.6 Å². The van der Waals surface area contributed by atoms with E-state index in [1.54, 1.807) is 0 Å². The van der Waals surface area contributed by atoms with Gasteiger partial charge in [-0.1, -0.05) is 13.2 Å². The van der Waals surface area contributed by atoms with E-state index in [1.165, 1.54) is 13.0 Å². The van der Waals surface area contributed by atoms with Crippen LogP contribution in [0.1, 0.15) is 6.92 Å². The summed E-state index contributed by atoms with van der Waals surface area (Å²) >= 11 is 0. The van der Waals surface area contributed by atoms with Crippen molar-refractivity contribution >= 4 is 11.9 Å². The van der Waals surface area contributed by atoms with Crippen molar-refractivity contribution in [2.75, 3.05) is 27.2 Å². The van der Waals surface area contributed by atoms with Gasteiger partial charge in [0.2, 0.25) is 5.91 Å². The average Bonchev–Trinajstić information content (AvgIpc) is 2.17. The molecular formula is C11H20N2O3. The fraction of sp³-hybridized carbons (Fsp3) is 0.455. The van der Waals surface area contributed by atoms with Gasteiger partial charge in [0.15, 0.2) is 0 Å². The van der Waals surface area contributed by atoms with E-state index >= 15 is 0 Å². The summed E-state index contributed by atoms with van der Waals surface area (Å²) in [6, 6.07) is 0. The van der Waals surface area contributed by atoms with Crippen LogP contribution in [0.3, 0.4) is 0 Å². The van der Waals surface area contributed by atoms with Gasteiger partial charge in [0.1, 0.15) is 0 Å². The van der Waals surface area contributed by atoms with Gasteiger partial charge in [0.25, 0.3) is 0 Å². The first-order chi connectivity index (χ1) is 7.31.